The van der Waals surface area contributed by atoms with Crippen molar-refractivity contribution in [2.24, 2.45) is 7.05 Å². The number of aromatic nitrogens is 3. The van der Waals surface area contributed by atoms with Crippen LogP contribution in [0.15, 0.2) is 37.1 Å². The molecule has 2 aromatic rings. The highest BCUT2D eigenvalue weighted by Crippen LogP contribution is 2.50. The van der Waals surface area contributed by atoms with E-state index < -0.39 is 36.7 Å². The number of pyridine rings is 1. The molecule has 0 radical (unpaired) electrons. The van der Waals surface area contributed by atoms with Gasteiger partial charge in [0.2, 0.25) is 6.33 Å². The largest absolute Gasteiger partial charge is 0.439 e. The van der Waals surface area contributed by atoms with Gasteiger partial charge in [0, 0.05) is 17.5 Å². The van der Waals surface area contributed by atoms with E-state index in [1.165, 1.54) is 37.7 Å². The van der Waals surface area contributed by atoms with Crippen LogP contribution < -0.4 is 9.13 Å². The fourth-order valence-corrected chi connectivity index (χ4v) is 5.04. The van der Waals surface area contributed by atoms with Crippen molar-refractivity contribution in [1.82, 2.24) is 4.57 Å². The number of nitrogens with zero attached hydrogens (tertiary/aromatic N) is 3. The van der Waals surface area contributed by atoms with E-state index in [2.05, 4.69) is 60.8 Å². The molecule has 40 heavy (non-hydrogen) atoms. The third-order valence-corrected chi connectivity index (χ3v) is 8.03. The van der Waals surface area contributed by atoms with Crippen LogP contribution in [0.5, 0.6) is 0 Å². The van der Waals surface area contributed by atoms with Crippen molar-refractivity contribution in [2.75, 3.05) is 0 Å². The zero-order valence-corrected chi connectivity index (χ0v) is 24.1. The highest BCUT2D eigenvalue weighted by molar-refractivity contribution is 7.88. The Labute approximate surface area is 229 Å². The molecular formula is C23H35F6N3O6S2+2. The van der Waals surface area contributed by atoms with Gasteiger partial charge in [-0.25, -0.2) is 13.7 Å². The first kappa shape index (κ1) is 35.8. The topological polar surface area (TPSA) is 121 Å². The van der Waals surface area contributed by atoms with Gasteiger partial charge in [-0.05, 0) is 39.7 Å². The Morgan fingerprint density at radius 3 is 1.77 bits per heavy atom. The lowest BCUT2D eigenvalue weighted by atomic mass is 9.85. The number of alkyl halides is 6. The van der Waals surface area contributed by atoms with Gasteiger partial charge in [-0.15, -0.1) is 0 Å². The summed E-state index contributed by atoms with van der Waals surface area (Å²) in [5.74, 6) is -6.26. The minimum Gasteiger partial charge on any atom is -0.281 e. The van der Waals surface area contributed by atoms with Crippen molar-refractivity contribution in [2.45, 2.75) is 88.3 Å². The Morgan fingerprint density at radius 1 is 0.925 bits per heavy atom. The summed E-state index contributed by atoms with van der Waals surface area (Å²) in [5, 5.41) is -13.6. The zero-order valence-electron chi connectivity index (χ0n) is 22.4. The average molecular weight is 628 g/mol. The maximum atomic E-state index is 12.4. The first-order valence-electron chi connectivity index (χ1n) is 12.2. The summed E-state index contributed by atoms with van der Waals surface area (Å²) in [6, 6.07) is 4.43. The molecule has 230 valence electrons. The quantitative estimate of drug-likeness (QED) is 0.269. The fourth-order valence-electron chi connectivity index (χ4n) is 4.07. The highest BCUT2D eigenvalue weighted by atomic mass is 32.2. The molecule has 1 fully saturated rings. The Morgan fingerprint density at radius 2 is 1.43 bits per heavy atom. The van der Waals surface area contributed by atoms with E-state index in [0.717, 1.165) is 19.0 Å². The predicted octanol–water partition coefficient (Wildman–Crippen LogP) is 4.27. The molecule has 2 heterocycles. The molecule has 2 N–H and O–H groups in total. The lowest BCUT2D eigenvalue weighted by Gasteiger charge is -2.28. The molecule has 0 atom stereocenters. The van der Waals surface area contributed by atoms with Crippen LogP contribution >= 0.6 is 0 Å². The molecule has 1 aliphatic rings. The molecular weight excluding hydrogens is 592 g/mol. The summed E-state index contributed by atoms with van der Waals surface area (Å²) in [4.78, 5) is 0. The summed E-state index contributed by atoms with van der Waals surface area (Å²) >= 11 is 0. The molecule has 3 rings (SSSR count). The van der Waals surface area contributed by atoms with Crippen LogP contribution in [0.4, 0.5) is 26.3 Å². The van der Waals surface area contributed by atoms with Gasteiger partial charge in [-0.3, -0.25) is 9.11 Å². The first-order valence-corrected chi connectivity index (χ1v) is 15.1. The van der Waals surface area contributed by atoms with Crippen molar-refractivity contribution in [3.05, 3.63) is 48.3 Å². The normalized spacial score (nSPS) is 15.5. The molecule has 0 amide bonds. The summed E-state index contributed by atoms with van der Waals surface area (Å²) in [7, 11) is -12.1. The van der Waals surface area contributed by atoms with Crippen molar-refractivity contribution >= 4 is 20.2 Å². The Hall–Kier alpha value is -2.24. The number of aryl methyl sites for hydroxylation is 4. The van der Waals surface area contributed by atoms with Gasteiger partial charge < -0.3 is 0 Å². The van der Waals surface area contributed by atoms with Crippen molar-refractivity contribution in [3.8, 4) is 0 Å². The van der Waals surface area contributed by atoms with Crippen LogP contribution in [0.2, 0.25) is 0 Å². The monoisotopic (exact) mass is 627 g/mol. The van der Waals surface area contributed by atoms with Crippen molar-refractivity contribution in [3.63, 3.8) is 0 Å². The fraction of sp³-hybridized carbons (Fsp3) is 0.652. The molecule has 9 nitrogen and oxygen atoms in total. The van der Waals surface area contributed by atoms with Gasteiger partial charge >= 0.3 is 36.7 Å². The van der Waals surface area contributed by atoms with Gasteiger partial charge in [0.25, 0.3) is 0 Å². The van der Waals surface area contributed by atoms with Crippen LogP contribution in [0, 0.1) is 6.92 Å². The van der Waals surface area contributed by atoms with Crippen LogP contribution in [0.1, 0.15) is 63.1 Å². The van der Waals surface area contributed by atoms with E-state index in [0.29, 0.717) is 0 Å². The molecule has 1 aliphatic carbocycles. The molecule has 0 unspecified atom stereocenters. The number of rotatable bonds is 7. The Kier molecular flexibility index (Phi) is 12.2. The van der Waals surface area contributed by atoms with E-state index in [4.69, 9.17) is 9.11 Å². The van der Waals surface area contributed by atoms with E-state index in [1.54, 1.807) is 5.69 Å². The smallest absolute Gasteiger partial charge is 0.281 e. The number of hydrogen-bond donors (Lipinski definition) is 2. The molecule has 1 saturated carbocycles. The molecule has 0 saturated heterocycles. The molecule has 0 aliphatic heterocycles. The van der Waals surface area contributed by atoms with Crippen molar-refractivity contribution < 1.29 is 61.4 Å². The summed E-state index contributed by atoms with van der Waals surface area (Å²) < 4.78 is 135. The third kappa shape index (κ3) is 8.16. The predicted molar refractivity (Wildman–Crippen MR) is 132 cm³/mol. The first-order chi connectivity index (χ1) is 18.2. The van der Waals surface area contributed by atoms with Gasteiger partial charge in [0.15, 0.2) is 11.9 Å². The maximum Gasteiger partial charge on any atom is 0.439 e. The lowest BCUT2D eigenvalue weighted by Crippen LogP contribution is -2.60. The summed E-state index contributed by atoms with van der Waals surface area (Å²) in [5.41, 5.74) is 3.07. The van der Waals surface area contributed by atoms with Gasteiger partial charge in [0.1, 0.15) is 18.9 Å². The van der Waals surface area contributed by atoms with Crippen LogP contribution in [0.25, 0.3) is 0 Å². The van der Waals surface area contributed by atoms with E-state index in [1.807, 2.05) is 17.8 Å². The maximum absolute atomic E-state index is 12.4. The summed E-state index contributed by atoms with van der Waals surface area (Å²) in [6.45, 7) is 8.79. The van der Waals surface area contributed by atoms with Crippen molar-refractivity contribution in [1.29, 1.82) is 0 Å². The Balaban J connectivity index is 0.000000317. The second kappa shape index (κ2) is 13.6. The minimum absolute atomic E-state index is 0.819. The van der Waals surface area contributed by atoms with Gasteiger partial charge in [-0.1, -0.05) is 19.3 Å². The zero-order chi connectivity index (χ0) is 31.2. The van der Waals surface area contributed by atoms with E-state index in [-0.39, 0.29) is 0 Å². The molecule has 2 aromatic heterocycles. The number of halogens is 6. The molecule has 0 bridgehead atoms. The average Bonchev–Trinajstić information content (AvgIpc) is 3.29. The van der Waals surface area contributed by atoms with Crippen LogP contribution in [-0.4, -0.2) is 46.9 Å². The van der Waals surface area contributed by atoms with Gasteiger partial charge in [0.05, 0.1) is 13.6 Å². The number of imidazole rings is 1. The van der Waals surface area contributed by atoms with Gasteiger partial charge in [-0.2, -0.15) is 43.2 Å². The SMILES string of the molecule is CC[n+]1cccc(C)c1C1CCCCC1.CCn1cc[n+](C)c1.O=S(=O)(O)C(F)(F)C(F)(F)C(F)(F)S(=O)(=O)O. The highest BCUT2D eigenvalue weighted by Gasteiger charge is 2.82. The molecule has 0 spiro atoms. The third-order valence-electron chi connectivity index (χ3n) is 6.23. The van der Waals surface area contributed by atoms with E-state index in [9.17, 15) is 43.2 Å². The molecule has 0 aromatic carbocycles. The van der Waals surface area contributed by atoms with Crippen LogP contribution in [0.3, 0.4) is 0 Å². The summed E-state index contributed by atoms with van der Waals surface area (Å²) in [6.07, 6.45) is 15.4. The Bertz CT molecular complexity index is 1280. The van der Waals surface area contributed by atoms with Crippen LogP contribution in [-0.2, 0) is 40.4 Å². The standard InChI is InChI=1S/C14H22N.C6H11N2.C3H2F6O6S2/c1-3-15-11-7-8-12(2)14(15)13-9-5-4-6-10-13;1-3-8-5-4-7(2)6-8;4-1(5,2(6,7)16(10,11)12)3(8,9)17(13,14)15/h7-8,11,13H,3-6,9-10H2,1-2H3;4-6H,3H2,1-2H3;(H,10,11,12)(H,13,14,15)/q2*+1;. The van der Waals surface area contributed by atoms with E-state index >= 15 is 0 Å². The number of hydrogen-bond acceptors (Lipinski definition) is 4. The minimum atomic E-state index is -7.08. The molecule has 17 heteroatoms. The second-order valence-corrected chi connectivity index (χ2v) is 12.1. The second-order valence-electron chi connectivity index (χ2n) is 9.16. The lowest BCUT2D eigenvalue weighted by molar-refractivity contribution is -0.702.